The Bertz CT molecular complexity index is 905. The first-order chi connectivity index (χ1) is 12.8. The van der Waals surface area contributed by atoms with Crippen LogP contribution in [0.25, 0.3) is 0 Å². The summed E-state index contributed by atoms with van der Waals surface area (Å²) in [6.07, 6.45) is 1.05. The number of para-hydroxylation sites is 1. The van der Waals surface area contributed by atoms with E-state index in [9.17, 15) is 13.2 Å². The molecule has 8 heteroatoms. The highest BCUT2D eigenvalue weighted by Gasteiger charge is 2.16. The Kier molecular flexibility index (Phi) is 5.67. The fraction of sp³-hybridized carbons (Fsp3) is 0.316. The summed E-state index contributed by atoms with van der Waals surface area (Å²) >= 11 is 0. The number of anilines is 3. The number of likely N-dealkylation sites (N-methyl/N-ethyl adjacent to an activating group) is 1. The molecule has 1 fully saturated rings. The van der Waals surface area contributed by atoms with Gasteiger partial charge in [-0.2, -0.15) is 0 Å². The third-order valence-corrected chi connectivity index (χ3v) is 5.05. The van der Waals surface area contributed by atoms with Crippen LogP contribution in [0.5, 0.6) is 0 Å². The van der Waals surface area contributed by atoms with Crippen molar-refractivity contribution in [2.45, 2.75) is 0 Å². The lowest BCUT2D eigenvalue weighted by molar-refractivity contribution is 0.102. The topological polar surface area (TPSA) is 81.8 Å². The maximum Gasteiger partial charge on any atom is 0.257 e. The van der Waals surface area contributed by atoms with Gasteiger partial charge in [-0.1, -0.05) is 12.1 Å². The standard InChI is InChI=1S/C19H24N4O3S/c1-22-11-13-23(14-12-22)16-9-7-15(8-10-16)20-19(24)17-5-3-4-6-18(17)21-27(2,25)26/h3-10,21H,11-14H2,1-2H3,(H,20,24). The van der Waals surface area contributed by atoms with Gasteiger partial charge in [-0.15, -0.1) is 0 Å². The Labute approximate surface area is 160 Å². The lowest BCUT2D eigenvalue weighted by atomic mass is 10.1. The Hall–Kier alpha value is -2.58. The van der Waals surface area contributed by atoms with Crippen molar-refractivity contribution in [3.05, 3.63) is 54.1 Å². The quantitative estimate of drug-likeness (QED) is 0.819. The van der Waals surface area contributed by atoms with Crippen molar-refractivity contribution in [3.63, 3.8) is 0 Å². The molecule has 1 aliphatic heterocycles. The minimum absolute atomic E-state index is 0.256. The molecule has 0 saturated carbocycles. The molecule has 0 bridgehead atoms. The summed E-state index contributed by atoms with van der Waals surface area (Å²) in [6.45, 7) is 4.02. The average molecular weight is 388 g/mol. The van der Waals surface area contributed by atoms with Crippen LogP contribution in [0.4, 0.5) is 17.1 Å². The molecule has 0 aromatic heterocycles. The molecule has 1 aliphatic rings. The Morgan fingerprint density at radius 1 is 0.963 bits per heavy atom. The zero-order valence-corrected chi connectivity index (χ0v) is 16.3. The summed E-state index contributed by atoms with van der Waals surface area (Å²) < 4.78 is 25.4. The highest BCUT2D eigenvalue weighted by Crippen LogP contribution is 2.21. The highest BCUT2D eigenvalue weighted by atomic mass is 32.2. The molecule has 144 valence electrons. The fourth-order valence-corrected chi connectivity index (χ4v) is 3.57. The van der Waals surface area contributed by atoms with Crippen molar-refractivity contribution < 1.29 is 13.2 Å². The zero-order valence-electron chi connectivity index (χ0n) is 15.5. The van der Waals surface area contributed by atoms with E-state index in [1.807, 2.05) is 24.3 Å². The minimum Gasteiger partial charge on any atom is -0.369 e. The van der Waals surface area contributed by atoms with Gasteiger partial charge in [0.15, 0.2) is 0 Å². The first kappa shape index (κ1) is 19.2. The number of hydrogen-bond donors (Lipinski definition) is 2. The van der Waals surface area contributed by atoms with E-state index < -0.39 is 10.0 Å². The molecule has 0 aliphatic carbocycles. The van der Waals surface area contributed by atoms with Crippen molar-refractivity contribution in [1.82, 2.24) is 4.90 Å². The van der Waals surface area contributed by atoms with E-state index >= 15 is 0 Å². The Morgan fingerprint density at radius 2 is 1.59 bits per heavy atom. The number of sulfonamides is 1. The van der Waals surface area contributed by atoms with Gasteiger partial charge in [-0.05, 0) is 43.4 Å². The van der Waals surface area contributed by atoms with Crippen molar-refractivity contribution in [2.75, 3.05) is 54.4 Å². The van der Waals surface area contributed by atoms with Gasteiger partial charge >= 0.3 is 0 Å². The fourth-order valence-electron chi connectivity index (χ4n) is 2.99. The number of carbonyl (C=O) groups excluding carboxylic acids is 1. The van der Waals surface area contributed by atoms with Gasteiger partial charge in [-0.3, -0.25) is 9.52 Å². The third kappa shape index (κ3) is 5.21. The second-order valence-corrected chi connectivity index (χ2v) is 8.46. The van der Waals surface area contributed by atoms with Gasteiger partial charge in [0.25, 0.3) is 5.91 Å². The molecule has 0 spiro atoms. The van der Waals surface area contributed by atoms with Crippen LogP contribution in [0, 0.1) is 0 Å². The minimum atomic E-state index is -3.47. The van der Waals surface area contributed by atoms with E-state index in [2.05, 4.69) is 26.9 Å². The van der Waals surface area contributed by atoms with Crippen LogP contribution in [-0.2, 0) is 10.0 Å². The number of carbonyl (C=O) groups is 1. The van der Waals surface area contributed by atoms with E-state index in [1.165, 1.54) is 0 Å². The smallest absolute Gasteiger partial charge is 0.257 e. The van der Waals surface area contributed by atoms with Crippen molar-refractivity contribution in [1.29, 1.82) is 0 Å². The summed E-state index contributed by atoms with van der Waals surface area (Å²) in [7, 11) is -1.35. The van der Waals surface area contributed by atoms with Gasteiger partial charge in [-0.25, -0.2) is 8.42 Å². The molecule has 7 nitrogen and oxygen atoms in total. The molecule has 0 unspecified atom stereocenters. The summed E-state index contributed by atoms with van der Waals surface area (Å²) in [4.78, 5) is 17.2. The number of nitrogens with one attached hydrogen (secondary N) is 2. The first-order valence-corrected chi connectivity index (χ1v) is 10.6. The first-order valence-electron chi connectivity index (χ1n) is 8.73. The zero-order chi connectivity index (χ0) is 19.4. The molecule has 3 rings (SSSR count). The Balaban J connectivity index is 1.70. The van der Waals surface area contributed by atoms with Gasteiger partial charge in [0.2, 0.25) is 10.0 Å². The molecule has 2 aromatic rings. The van der Waals surface area contributed by atoms with Crippen LogP contribution in [0.3, 0.4) is 0 Å². The molecule has 2 aromatic carbocycles. The molecule has 0 atom stereocenters. The van der Waals surface area contributed by atoms with Gasteiger partial charge < -0.3 is 15.1 Å². The van der Waals surface area contributed by atoms with Gasteiger partial charge in [0, 0.05) is 37.6 Å². The lowest BCUT2D eigenvalue weighted by Gasteiger charge is -2.34. The summed E-state index contributed by atoms with van der Waals surface area (Å²) in [5.41, 5.74) is 2.31. The van der Waals surface area contributed by atoms with Crippen molar-refractivity contribution in [2.24, 2.45) is 0 Å². The molecular weight excluding hydrogens is 364 g/mol. The van der Waals surface area contributed by atoms with Crippen LogP contribution in [0.2, 0.25) is 0 Å². The monoisotopic (exact) mass is 388 g/mol. The molecular formula is C19H24N4O3S. The lowest BCUT2D eigenvalue weighted by Crippen LogP contribution is -2.44. The summed E-state index contributed by atoms with van der Waals surface area (Å²) in [5, 5.41) is 2.82. The van der Waals surface area contributed by atoms with E-state index in [0.717, 1.165) is 38.1 Å². The maximum absolute atomic E-state index is 12.6. The van der Waals surface area contributed by atoms with Crippen molar-refractivity contribution >= 4 is 33.0 Å². The summed E-state index contributed by atoms with van der Waals surface area (Å²) in [5.74, 6) is -0.367. The number of piperazine rings is 1. The van der Waals surface area contributed by atoms with Crippen LogP contribution in [-0.4, -0.2) is 58.7 Å². The van der Waals surface area contributed by atoms with Crippen LogP contribution in [0.15, 0.2) is 48.5 Å². The maximum atomic E-state index is 12.6. The van der Waals surface area contributed by atoms with Gasteiger partial charge in [0.05, 0.1) is 17.5 Å². The normalized spacial score (nSPS) is 15.4. The van der Waals surface area contributed by atoms with E-state index in [4.69, 9.17) is 0 Å². The Morgan fingerprint density at radius 3 is 2.22 bits per heavy atom. The molecule has 0 radical (unpaired) electrons. The van der Waals surface area contributed by atoms with Crippen LogP contribution >= 0.6 is 0 Å². The molecule has 1 saturated heterocycles. The second-order valence-electron chi connectivity index (χ2n) is 6.71. The summed E-state index contributed by atoms with van der Waals surface area (Å²) in [6, 6.07) is 14.2. The number of hydrogen-bond acceptors (Lipinski definition) is 5. The third-order valence-electron chi connectivity index (χ3n) is 4.46. The van der Waals surface area contributed by atoms with Crippen LogP contribution < -0.4 is 14.9 Å². The predicted molar refractivity (Wildman–Crippen MR) is 109 cm³/mol. The molecule has 1 heterocycles. The van der Waals surface area contributed by atoms with Crippen molar-refractivity contribution in [3.8, 4) is 0 Å². The van der Waals surface area contributed by atoms with Crippen LogP contribution in [0.1, 0.15) is 10.4 Å². The van der Waals surface area contributed by atoms with E-state index in [0.29, 0.717) is 5.69 Å². The number of benzene rings is 2. The number of rotatable bonds is 5. The van der Waals surface area contributed by atoms with E-state index in [-0.39, 0.29) is 17.2 Å². The average Bonchev–Trinajstić information content (AvgIpc) is 2.62. The number of amides is 1. The predicted octanol–water partition coefficient (Wildman–Crippen LogP) is 2.06. The second kappa shape index (κ2) is 7.98. The van der Waals surface area contributed by atoms with E-state index in [1.54, 1.807) is 24.3 Å². The van der Waals surface area contributed by atoms with Gasteiger partial charge in [0.1, 0.15) is 0 Å². The highest BCUT2D eigenvalue weighted by molar-refractivity contribution is 7.92. The molecule has 2 N–H and O–H groups in total. The SMILES string of the molecule is CN1CCN(c2ccc(NC(=O)c3ccccc3NS(C)(=O)=O)cc2)CC1. The number of nitrogens with zero attached hydrogens (tertiary/aromatic N) is 2. The molecule has 27 heavy (non-hydrogen) atoms. The largest absolute Gasteiger partial charge is 0.369 e. The molecule has 1 amide bonds.